The molecule has 0 aliphatic carbocycles. The minimum atomic E-state index is -0.303. The van der Waals surface area contributed by atoms with E-state index in [1.807, 2.05) is 59.7 Å². The molecule has 1 saturated heterocycles. The fourth-order valence-electron chi connectivity index (χ4n) is 3.65. The molecule has 2 aliphatic heterocycles. The summed E-state index contributed by atoms with van der Waals surface area (Å²) in [5.41, 5.74) is 2.53. The van der Waals surface area contributed by atoms with Gasteiger partial charge < -0.3 is 15.1 Å². The number of carbonyl (C=O) groups is 1. The lowest BCUT2D eigenvalue weighted by Gasteiger charge is -2.37. The number of amides is 2. The van der Waals surface area contributed by atoms with Crippen molar-refractivity contribution in [3.8, 4) is 0 Å². The van der Waals surface area contributed by atoms with E-state index < -0.39 is 0 Å². The average Bonchev–Trinajstić information content (AvgIpc) is 3.13. The lowest BCUT2D eigenvalue weighted by atomic mass is 9.85. The summed E-state index contributed by atoms with van der Waals surface area (Å²) in [6.07, 6.45) is 4.31. The number of carbonyl (C=O) groups excluding carboxylic acids is 1. The predicted octanol–water partition coefficient (Wildman–Crippen LogP) is 5.25. The van der Waals surface area contributed by atoms with Gasteiger partial charge in [0.1, 0.15) is 5.60 Å². The van der Waals surface area contributed by atoms with Gasteiger partial charge in [0, 0.05) is 42.3 Å². The number of para-hydroxylation sites is 1. The molecule has 2 aromatic carbocycles. The minimum absolute atomic E-state index is 0.0619. The molecule has 1 fully saturated rings. The number of benzene rings is 2. The Labute approximate surface area is 174 Å². The van der Waals surface area contributed by atoms with Crippen molar-refractivity contribution in [3.05, 3.63) is 59.1 Å². The van der Waals surface area contributed by atoms with E-state index in [4.69, 9.17) is 16.4 Å². The SMILES string of the molecule is CSc1ccccc1NC(=O)N1CCC2(CC1)CC(c1ccc(Cl)cc1)=NO2. The van der Waals surface area contributed by atoms with Crippen LogP contribution in [-0.2, 0) is 4.84 Å². The lowest BCUT2D eigenvalue weighted by Crippen LogP contribution is -2.48. The Balaban J connectivity index is 1.35. The maximum absolute atomic E-state index is 12.7. The molecule has 2 amide bonds. The first kappa shape index (κ1) is 19.2. The zero-order valence-corrected chi connectivity index (χ0v) is 17.2. The minimum Gasteiger partial charge on any atom is -0.388 e. The third kappa shape index (κ3) is 3.98. The fraction of sp³-hybridized carbons (Fsp3) is 0.333. The van der Waals surface area contributed by atoms with Gasteiger partial charge in [-0.3, -0.25) is 0 Å². The van der Waals surface area contributed by atoms with Gasteiger partial charge in [-0.2, -0.15) is 0 Å². The topological polar surface area (TPSA) is 53.9 Å². The number of nitrogens with zero attached hydrogens (tertiary/aromatic N) is 2. The van der Waals surface area contributed by atoms with E-state index >= 15 is 0 Å². The monoisotopic (exact) mass is 415 g/mol. The molecule has 0 atom stereocenters. The van der Waals surface area contributed by atoms with Crippen LogP contribution in [0.1, 0.15) is 24.8 Å². The Hall–Kier alpha value is -2.18. The van der Waals surface area contributed by atoms with Crippen LogP contribution in [0.4, 0.5) is 10.5 Å². The van der Waals surface area contributed by atoms with E-state index in [9.17, 15) is 4.79 Å². The molecule has 7 heteroatoms. The summed E-state index contributed by atoms with van der Waals surface area (Å²) < 4.78 is 0. The first-order valence-electron chi connectivity index (χ1n) is 9.28. The number of piperidine rings is 1. The third-order valence-electron chi connectivity index (χ3n) is 5.33. The van der Waals surface area contributed by atoms with Crippen molar-refractivity contribution in [2.45, 2.75) is 29.8 Å². The highest BCUT2D eigenvalue weighted by Crippen LogP contribution is 2.36. The second kappa shape index (κ2) is 8.05. The van der Waals surface area contributed by atoms with Crippen LogP contribution in [0.2, 0.25) is 5.02 Å². The quantitative estimate of drug-likeness (QED) is 0.696. The van der Waals surface area contributed by atoms with Crippen LogP contribution < -0.4 is 5.32 Å². The zero-order valence-electron chi connectivity index (χ0n) is 15.7. The van der Waals surface area contributed by atoms with Gasteiger partial charge in [-0.05, 0) is 36.1 Å². The molecule has 0 saturated carbocycles. The van der Waals surface area contributed by atoms with Crippen LogP contribution in [0.5, 0.6) is 0 Å². The van der Waals surface area contributed by atoms with Gasteiger partial charge in [0.15, 0.2) is 0 Å². The van der Waals surface area contributed by atoms with Crippen LogP contribution >= 0.6 is 23.4 Å². The normalized spacial score (nSPS) is 17.9. The van der Waals surface area contributed by atoms with Crippen molar-refractivity contribution >= 4 is 40.8 Å². The van der Waals surface area contributed by atoms with Crippen LogP contribution in [0.25, 0.3) is 0 Å². The summed E-state index contributed by atoms with van der Waals surface area (Å²) in [6, 6.07) is 15.4. The highest BCUT2D eigenvalue weighted by molar-refractivity contribution is 7.98. The fourth-order valence-corrected chi connectivity index (χ4v) is 4.33. The van der Waals surface area contributed by atoms with Gasteiger partial charge in [-0.1, -0.05) is 41.0 Å². The molecule has 0 aromatic heterocycles. The summed E-state index contributed by atoms with van der Waals surface area (Å²) in [5.74, 6) is 0. The van der Waals surface area contributed by atoms with Crippen molar-refractivity contribution in [1.29, 1.82) is 0 Å². The van der Waals surface area contributed by atoms with Gasteiger partial charge in [-0.15, -0.1) is 11.8 Å². The Morgan fingerprint density at radius 2 is 1.89 bits per heavy atom. The Kier molecular flexibility index (Phi) is 5.51. The third-order valence-corrected chi connectivity index (χ3v) is 6.37. The second-order valence-corrected chi connectivity index (χ2v) is 8.40. The molecule has 1 N–H and O–H groups in total. The maximum atomic E-state index is 12.7. The second-order valence-electron chi connectivity index (χ2n) is 7.11. The number of anilines is 1. The van der Waals surface area contributed by atoms with Crippen LogP contribution in [0.3, 0.4) is 0 Å². The molecule has 0 bridgehead atoms. The molecule has 2 aliphatic rings. The van der Waals surface area contributed by atoms with Crippen LogP contribution in [-0.4, -0.2) is 41.6 Å². The van der Waals surface area contributed by atoms with E-state index in [0.29, 0.717) is 18.1 Å². The number of oxime groups is 1. The first-order valence-corrected chi connectivity index (χ1v) is 10.9. The van der Waals surface area contributed by atoms with Gasteiger partial charge in [0.2, 0.25) is 0 Å². The number of urea groups is 1. The van der Waals surface area contributed by atoms with E-state index in [2.05, 4.69) is 10.5 Å². The number of likely N-dealkylation sites (tertiary alicyclic amines) is 1. The molecule has 2 heterocycles. The van der Waals surface area contributed by atoms with Crippen LogP contribution in [0.15, 0.2) is 58.6 Å². The lowest BCUT2D eigenvalue weighted by molar-refractivity contribution is -0.0544. The highest BCUT2D eigenvalue weighted by atomic mass is 35.5. The van der Waals surface area contributed by atoms with E-state index in [1.165, 1.54) is 0 Å². The molecule has 5 nitrogen and oxygen atoms in total. The van der Waals surface area contributed by atoms with Gasteiger partial charge in [0.05, 0.1) is 11.4 Å². The molecular weight excluding hydrogens is 394 g/mol. The molecule has 0 unspecified atom stereocenters. The highest BCUT2D eigenvalue weighted by Gasteiger charge is 2.43. The first-order chi connectivity index (χ1) is 13.6. The van der Waals surface area contributed by atoms with Crippen molar-refractivity contribution < 1.29 is 9.63 Å². The summed E-state index contributed by atoms with van der Waals surface area (Å²) >= 11 is 7.59. The maximum Gasteiger partial charge on any atom is 0.321 e. The van der Waals surface area contributed by atoms with E-state index in [-0.39, 0.29) is 11.6 Å². The molecule has 28 heavy (non-hydrogen) atoms. The summed E-state index contributed by atoms with van der Waals surface area (Å²) in [7, 11) is 0. The Morgan fingerprint density at radius 1 is 1.18 bits per heavy atom. The zero-order chi connectivity index (χ0) is 19.6. The standard InChI is InChI=1S/C21H22ClN3O2S/c1-28-19-5-3-2-4-17(19)23-20(26)25-12-10-21(11-13-25)14-18(24-27-21)15-6-8-16(22)9-7-15/h2-9H,10-14H2,1H3,(H,23,26). The largest absolute Gasteiger partial charge is 0.388 e. The average molecular weight is 416 g/mol. The molecule has 0 radical (unpaired) electrons. The van der Waals surface area contributed by atoms with Gasteiger partial charge >= 0.3 is 6.03 Å². The number of nitrogens with one attached hydrogen (secondary N) is 1. The summed E-state index contributed by atoms with van der Waals surface area (Å²) in [5, 5.41) is 8.07. The van der Waals surface area contributed by atoms with Crippen molar-refractivity contribution in [3.63, 3.8) is 0 Å². The molecule has 2 aromatic rings. The van der Waals surface area contributed by atoms with E-state index in [0.717, 1.165) is 41.1 Å². The van der Waals surface area contributed by atoms with Gasteiger partial charge in [-0.25, -0.2) is 4.79 Å². The van der Waals surface area contributed by atoms with Gasteiger partial charge in [0.25, 0.3) is 0 Å². The smallest absolute Gasteiger partial charge is 0.321 e. The number of thioether (sulfide) groups is 1. The summed E-state index contributed by atoms with van der Waals surface area (Å²) in [4.78, 5) is 21.4. The molecular formula is C21H22ClN3O2S. The molecule has 1 spiro atoms. The van der Waals surface area contributed by atoms with Crippen molar-refractivity contribution in [2.24, 2.45) is 5.16 Å². The number of rotatable bonds is 3. The summed E-state index contributed by atoms with van der Waals surface area (Å²) in [6.45, 7) is 1.30. The van der Waals surface area contributed by atoms with Crippen molar-refractivity contribution in [1.82, 2.24) is 4.90 Å². The number of halogens is 1. The number of hydrogen-bond acceptors (Lipinski definition) is 4. The Morgan fingerprint density at radius 3 is 2.61 bits per heavy atom. The Bertz CT molecular complexity index is 893. The van der Waals surface area contributed by atoms with Crippen molar-refractivity contribution in [2.75, 3.05) is 24.7 Å². The number of hydrogen-bond donors (Lipinski definition) is 1. The molecule has 4 rings (SSSR count). The van der Waals surface area contributed by atoms with Crippen LogP contribution in [0, 0.1) is 0 Å². The molecule has 146 valence electrons. The van der Waals surface area contributed by atoms with E-state index in [1.54, 1.807) is 11.8 Å². The predicted molar refractivity (Wildman–Crippen MR) is 114 cm³/mol.